The quantitative estimate of drug-likeness (QED) is 0.729. The fourth-order valence-electron chi connectivity index (χ4n) is 2.23. The lowest BCUT2D eigenvalue weighted by atomic mass is 9.99. The predicted octanol–water partition coefficient (Wildman–Crippen LogP) is 3.30. The van der Waals surface area contributed by atoms with E-state index in [1.54, 1.807) is 0 Å². The number of hydrogen-bond donors (Lipinski definition) is 1. The van der Waals surface area contributed by atoms with E-state index in [0.29, 0.717) is 0 Å². The summed E-state index contributed by atoms with van der Waals surface area (Å²) >= 11 is 2.08. The number of rotatable bonds is 6. The Morgan fingerprint density at radius 1 is 1.29 bits per heavy atom. The van der Waals surface area contributed by atoms with Crippen molar-refractivity contribution in [3.8, 4) is 0 Å². The molecule has 0 aromatic rings. The first kappa shape index (κ1) is 12.4. The van der Waals surface area contributed by atoms with Crippen molar-refractivity contribution in [3.05, 3.63) is 0 Å². The molecule has 1 atom stereocenters. The lowest BCUT2D eigenvalue weighted by molar-refractivity contribution is 0.427. The molecule has 0 saturated heterocycles. The smallest absolute Gasteiger partial charge is 0.0157 e. The Morgan fingerprint density at radius 3 is 2.43 bits per heavy atom. The number of thioether (sulfide) groups is 1. The minimum atomic E-state index is 0.741. The van der Waals surface area contributed by atoms with Crippen LogP contribution in [0.2, 0.25) is 0 Å². The molecule has 0 amide bonds. The maximum atomic E-state index is 3.46. The lowest BCUT2D eigenvalue weighted by Gasteiger charge is -2.20. The molecule has 2 heteroatoms. The highest BCUT2D eigenvalue weighted by Gasteiger charge is 2.19. The molecule has 1 nitrogen and oxygen atoms in total. The summed E-state index contributed by atoms with van der Waals surface area (Å²) in [5.74, 6) is 2.30. The van der Waals surface area contributed by atoms with Crippen molar-refractivity contribution in [1.29, 1.82) is 0 Å². The van der Waals surface area contributed by atoms with Crippen LogP contribution in [0.4, 0.5) is 0 Å². The summed E-state index contributed by atoms with van der Waals surface area (Å²) in [6, 6.07) is 0.741. The molecule has 1 aliphatic carbocycles. The summed E-state index contributed by atoms with van der Waals surface area (Å²) in [5, 5.41) is 4.24. The molecule has 1 unspecified atom stereocenters. The first-order chi connectivity index (χ1) is 6.72. The van der Waals surface area contributed by atoms with E-state index >= 15 is 0 Å². The number of nitrogens with one attached hydrogen (secondary N) is 1. The first-order valence-corrected chi connectivity index (χ1v) is 7.06. The Morgan fingerprint density at radius 2 is 1.93 bits per heavy atom. The van der Waals surface area contributed by atoms with Gasteiger partial charge in [-0.1, -0.05) is 39.5 Å². The predicted molar refractivity (Wildman–Crippen MR) is 67.0 cm³/mol. The van der Waals surface area contributed by atoms with Crippen LogP contribution in [0.15, 0.2) is 0 Å². The molecule has 1 N–H and O–H groups in total. The molecule has 1 saturated carbocycles. The lowest BCUT2D eigenvalue weighted by Crippen LogP contribution is -2.30. The Balaban J connectivity index is 2.16. The van der Waals surface area contributed by atoms with E-state index in [0.717, 1.165) is 17.2 Å². The summed E-state index contributed by atoms with van der Waals surface area (Å²) in [6.07, 6.45) is 7.29. The van der Waals surface area contributed by atoms with Crippen molar-refractivity contribution in [1.82, 2.24) is 5.32 Å². The average molecular weight is 215 g/mol. The van der Waals surface area contributed by atoms with Gasteiger partial charge in [0.2, 0.25) is 0 Å². The second-order valence-corrected chi connectivity index (χ2v) is 6.36. The van der Waals surface area contributed by atoms with Crippen molar-refractivity contribution in [3.63, 3.8) is 0 Å². The van der Waals surface area contributed by atoms with Crippen molar-refractivity contribution in [2.75, 3.05) is 12.8 Å². The van der Waals surface area contributed by atoms with Gasteiger partial charge >= 0.3 is 0 Å². The third-order valence-corrected chi connectivity index (χ3v) is 4.39. The largest absolute Gasteiger partial charge is 0.316 e. The molecular formula is C12H25NS. The third kappa shape index (κ3) is 4.70. The molecule has 1 fully saturated rings. The van der Waals surface area contributed by atoms with Crippen LogP contribution in [0.1, 0.15) is 46.0 Å². The van der Waals surface area contributed by atoms with Crippen LogP contribution < -0.4 is 5.32 Å². The van der Waals surface area contributed by atoms with Crippen LogP contribution >= 0.6 is 11.8 Å². The van der Waals surface area contributed by atoms with Gasteiger partial charge in [-0.05, 0) is 24.6 Å². The Labute approximate surface area is 93.4 Å². The van der Waals surface area contributed by atoms with Gasteiger partial charge < -0.3 is 5.32 Å². The molecule has 0 aromatic heterocycles. The third-order valence-electron chi connectivity index (χ3n) is 3.13. The topological polar surface area (TPSA) is 12.0 Å². The normalized spacial score (nSPS) is 20.6. The minimum absolute atomic E-state index is 0.741. The second kappa shape index (κ2) is 6.73. The summed E-state index contributed by atoms with van der Waals surface area (Å²) in [6.45, 7) is 4.57. The fourth-order valence-corrected chi connectivity index (χ4v) is 3.15. The molecule has 14 heavy (non-hydrogen) atoms. The van der Waals surface area contributed by atoms with Crippen LogP contribution in [-0.2, 0) is 0 Å². The van der Waals surface area contributed by atoms with Crippen LogP contribution in [0.5, 0.6) is 0 Å². The molecule has 0 radical (unpaired) electrons. The van der Waals surface area contributed by atoms with E-state index in [-0.39, 0.29) is 0 Å². The monoisotopic (exact) mass is 215 g/mol. The van der Waals surface area contributed by atoms with Gasteiger partial charge in [0.25, 0.3) is 0 Å². The molecule has 84 valence electrons. The Kier molecular flexibility index (Phi) is 5.95. The maximum Gasteiger partial charge on any atom is 0.0157 e. The first-order valence-electron chi connectivity index (χ1n) is 6.01. The van der Waals surface area contributed by atoms with Crippen molar-refractivity contribution >= 4 is 11.8 Å². The molecule has 0 spiro atoms. The highest BCUT2D eigenvalue weighted by molar-refractivity contribution is 7.99. The van der Waals surface area contributed by atoms with Gasteiger partial charge in [-0.2, -0.15) is 11.8 Å². The van der Waals surface area contributed by atoms with Gasteiger partial charge in [0.1, 0.15) is 0 Å². The van der Waals surface area contributed by atoms with Gasteiger partial charge in [-0.25, -0.2) is 0 Å². The van der Waals surface area contributed by atoms with Crippen molar-refractivity contribution in [2.45, 2.75) is 57.2 Å². The zero-order valence-electron chi connectivity index (χ0n) is 9.88. The van der Waals surface area contributed by atoms with Crippen LogP contribution in [0.3, 0.4) is 0 Å². The molecule has 0 aromatic carbocycles. The molecule has 0 heterocycles. The van der Waals surface area contributed by atoms with Gasteiger partial charge in [-0.3, -0.25) is 0 Å². The summed E-state index contributed by atoms with van der Waals surface area (Å²) in [4.78, 5) is 0. The Bertz CT molecular complexity index is 141. The fraction of sp³-hybridized carbons (Fsp3) is 1.00. The highest BCUT2D eigenvalue weighted by Crippen LogP contribution is 2.29. The zero-order valence-corrected chi connectivity index (χ0v) is 10.7. The van der Waals surface area contributed by atoms with Gasteiger partial charge in [0.15, 0.2) is 0 Å². The van der Waals surface area contributed by atoms with E-state index in [4.69, 9.17) is 0 Å². The maximum absolute atomic E-state index is 3.46. The number of hydrogen-bond acceptors (Lipinski definition) is 2. The molecule has 0 bridgehead atoms. The van der Waals surface area contributed by atoms with Gasteiger partial charge in [-0.15, -0.1) is 0 Å². The Hall–Kier alpha value is 0.310. The van der Waals surface area contributed by atoms with Crippen molar-refractivity contribution < 1.29 is 0 Å². The van der Waals surface area contributed by atoms with Crippen LogP contribution in [-0.4, -0.2) is 24.1 Å². The van der Waals surface area contributed by atoms with E-state index in [1.165, 1.54) is 37.9 Å². The molecule has 1 rings (SSSR count). The SMILES string of the molecule is CNC(CSC(C)C)CC1CCCC1. The van der Waals surface area contributed by atoms with Gasteiger partial charge in [0, 0.05) is 11.8 Å². The summed E-state index contributed by atoms with van der Waals surface area (Å²) in [5.41, 5.74) is 0. The summed E-state index contributed by atoms with van der Waals surface area (Å²) in [7, 11) is 2.11. The van der Waals surface area contributed by atoms with Gasteiger partial charge in [0.05, 0.1) is 0 Å². The molecule has 1 aliphatic rings. The van der Waals surface area contributed by atoms with Crippen LogP contribution in [0.25, 0.3) is 0 Å². The van der Waals surface area contributed by atoms with E-state index < -0.39 is 0 Å². The standard InChI is InChI=1S/C12H25NS/c1-10(2)14-9-12(13-3)8-11-6-4-5-7-11/h10-13H,4-9H2,1-3H3. The summed E-state index contributed by atoms with van der Waals surface area (Å²) < 4.78 is 0. The van der Waals surface area contributed by atoms with Crippen molar-refractivity contribution in [2.24, 2.45) is 5.92 Å². The average Bonchev–Trinajstić information content (AvgIpc) is 2.64. The highest BCUT2D eigenvalue weighted by atomic mass is 32.2. The minimum Gasteiger partial charge on any atom is -0.316 e. The second-order valence-electron chi connectivity index (χ2n) is 4.75. The molecular weight excluding hydrogens is 190 g/mol. The van der Waals surface area contributed by atoms with Crippen LogP contribution in [0, 0.1) is 5.92 Å². The van der Waals surface area contributed by atoms with E-state index in [9.17, 15) is 0 Å². The zero-order chi connectivity index (χ0) is 10.4. The van der Waals surface area contributed by atoms with E-state index in [2.05, 4.69) is 38.0 Å². The molecule has 0 aliphatic heterocycles. The van der Waals surface area contributed by atoms with E-state index in [1.807, 2.05) is 0 Å².